The van der Waals surface area contributed by atoms with Crippen molar-refractivity contribution >= 4 is 5.78 Å². The Morgan fingerprint density at radius 3 is 2.30 bits per heavy atom. The molecule has 0 heterocycles. The third-order valence-corrected chi connectivity index (χ3v) is 1.85. The van der Waals surface area contributed by atoms with E-state index in [-0.39, 0.29) is 11.7 Å². The van der Waals surface area contributed by atoms with Crippen molar-refractivity contribution in [3.05, 3.63) is 0 Å². The van der Waals surface area contributed by atoms with Crippen molar-refractivity contribution in [1.29, 1.82) is 0 Å². The first-order valence-corrected chi connectivity index (χ1v) is 3.84. The van der Waals surface area contributed by atoms with Gasteiger partial charge in [0, 0.05) is 12.3 Å². The molecule has 0 saturated carbocycles. The molecular weight excluding hydrogens is 128 g/mol. The van der Waals surface area contributed by atoms with Crippen molar-refractivity contribution < 1.29 is 9.90 Å². The first-order valence-electron chi connectivity index (χ1n) is 3.84. The fourth-order valence-electron chi connectivity index (χ4n) is 0.890. The number of aliphatic hydroxyl groups is 1. The van der Waals surface area contributed by atoms with Crippen molar-refractivity contribution in [3.8, 4) is 0 Å². The van der Waals surface area contributed by atoms with Gasteiger partial charge in [-0.2, -0.15) is 0 Å². The summed E-state index contributed by atoms with van der Waals surface area (Å²) in [5, 5.41) is 9.21. The molecule has 1 N–H and O–H groups in total. The van der Waals surface area contributed by atoms with Gasteiger partial charge >= 0.3 is 0 Å². The van der Waals surface area contributed by atoms with Gasteiger partial charge < -0.3 is 5.11 Å². The maximum Gasteiger partial charge on any atom is 0.138 e. The van der Waals surface area contributed by atoms with E-state index in [1.807, 2.05) is 13.8 Å². The van der Waals surface area contributed by atoms with Gasteiger partial charge in [-0.3, -0.25) is 4.79 Å². The first-order chi connectivity index (χ1) is 4.63. The zero-order valence-electron chi connectivity index (χ0n) is 6.92. The van der Waals surface area contributed by atoms with Crippen molar-refractivity contribution in [2.24, 2.45) is 5.92 Å². The predicted molar refractivity (Wildman–Crippen MR) is 40.8 cm³/mol. The molecule has 10 heavy (non-hydrogen) atoms. The molecule has 0 saturated heterocycles. The summed E-state index contributed by atoms with van der Waals surface area (Å²) in [4.78, 5) is 11.0. The van der Waals surface area contributed by atoms with E-state index in [1.54, 1.807) is 6.92 Å². The summed E-state index contributed by atoms with van der Waals surface area (Å²) >= 11 is 0. The summed E-state index contributed by atoms with van der Waals surface area (Å²) in [6.45, 7) is 5.48. The minimum absolute atomic E-state index is 0.148. The quantitative estimate of drug-likeness (QED) is 0.647. The van der Waals surface area contributed by atoms with E-state index in [0.29, 0.717) is 12.8 Å². The average molecular weight is 144 g/mol. The molecule has 60 valence electrons. The van der Waals surface area contributed by atoms with Crippen molar-refractivity contribution in [3.63, 3.8) is 0 Å². The standard InChI is InChI=1S/C8H16O2/c1-4-7(9)6(3)8(10)5-2/h6-7,9H,4-5H2,1-3H3/t6-,7?/m0/s1. The largest absolute Gasteiger partial charge is 0.392 e. The average Bonchev–Trinajstić information content (AvgIpc) is 2.00. The summed E-state index contributed by atoms with van der Waals surface area (Å²) in [5.74, 6) is -0.0376. The number of hydrogen-bond donors (Lipinski definition) is 1. The molecule has 0 radical (unpaired) electrons. The third-order valence-electron chi connectivity index (χ3n) is 1.85. The second-order valence-electron chi connectivity index (χ2n) is 2.58. The molecule has 2 heteroatoms. The summed E-state index contributed by atoms with van der Waals surface area (Å²) in [6.07, 6.45) is 0.734. The van der Waals surface area contributed by atoms with E-state index >= 15 is 0 Å². The molecule has 0 aliphatic heterocycles. The second-order valence-corrected chi connectivity index (χ2v) is 2.58. The zero-order valence-corrected chi connectivity index (χ0v) is 6.92. The van der Waals surface area contributed by atoms with Gasteiger partial charge in [0.05, 0.1) is 6.10 Å². The van der Waals surface area contributed by atoms with Crippen LogP contribution in [-0.4, -0.2) is 17.0 Å². The highest BCUT2D eigenvalue weighted by Crippen LogP contribution is 2.08. The second kappa shape index (κ2) is 4.45. The Morgan fingerprint density at radius 1 is 1.50 bits per heavy atom. The summed E-state index contributed by atoms with van der Waals surface area (Å²) in [5.41, 5.74) is 0. The third kappa shape index (κ3) is 2.48. The van der Waals surface area contributed by atoms with Crippen LogP contribution in [0.25, 0.3) is 0 Å². The Bertz CT molecular complexity index is 110. The number of aliphatic hydroxyl groups excluding tert-OH is 1. The van der Waals surface area contributed by atoms with Gasteiger partial charge in [-0.05, 0) is 6.42 Å². The number of ketones is 1. The Hall–Kier alpha value is -0.370. The van der Waals surface area contributed by atoms with Crippen molar-refractivity contribution in [2.45, 2.75) is 39.7 Å². The normalized spacial score (nSPS) is 16.4. The summed E-state index contributed by atoms with van der Waals surface area (Å²) in [6, 6.07) is 0. The highest BCUT2D eigenvalue weighted by Gasteiger charge is 2.17. The topological polar surface area (TPSA) is 37.3 Å². The molecule has 1 unspecified atom stereocenters. The highest BCUT2D eigenvalue weighted by molar-refractivity contribution is 5.80. The number of carbonyl (C=O) groups is 1. The molecular formula is C8H16O2. The lowest BCUT2D eigenvalue weighted by atomic mass is 9.96. The van der Waals surface area contributed by atoms with Gasteiger partial charge in [0.2, 0.25) is 0 Å². The fourth-order valence-corrected chi connectivity index (χ4v) is 0.890. The smallest absolute Gasteiger partial charge is 0.138 e. The van der Waals surface area contributed by atoms with Gasteiger partial charge in [-0.1, -0.05) is 20.8 Å². The van der Waals surface area contributed by atoms with Crippen LogP contribution in [0.4, 0.5) is 0 Å². The lowest BCUT2D eigenvalue weighted by Crippen LogP contribution is -2.24. The molecule has 0 aliphatic carbocycles. The van der Waals surface area contributed by atoms with Crippen LogP contribution >= 0.6 is 0 Å². The van der Waals surface area contributed by atoms with Crippen LogP contribution in [0.3, 0.4) is 0 Å². The Kier molecular flexibility index (Phi) is 4.28. The van der Waals surface area contributed by atoms with Gasteiger partial charge in [0.15, 0.2) is 0 Å². The highest BCUT2D eigenvalue weighted by atomic mass is 16.3. The maximum atomic E-state index is 11.0. The molecule has 0 amide bonds. The van der Waals surface area contributed by atoms with E-state index in [1.165, 1.54) is 0 Å². The maximum absolute atomic E-state index is 11.0. The van der Waals surface area contributed by atoms with Crippen LogP contribution in [0.1, 0.15) is 33.6 Å². The lowest BCUT2D eigenvalue weighted by Gasteiger charge is -2.14. The fraction of sp³-hybridized carbons (Fsp3) is 0.875. The monoisotopic (exact) mass is 144 g/mol. The minimum Gasteiger partial charge on any atom is -0.392 e. The van der Waals surface area contributed by atoms with E-state index in [0.717, 1.165) is 0 Å². The Morgan fingerprint density at radius 2 is 2.00 bits per heavy atom. The van der Waals surface area contributed by atoms with E-state index in [4.69, 9.17) is 0 Å². The molecule has 0 aromatic rings. The molecule has 0 aromatic carbocycles. The number of hydrogen-bond acceptors (Lipinski definition) is 2. The number of Topliss-reactive ketones (excluding diaryl/α,β-unsaturated/α-hetero) is 1. The molecule has 2 nitrogen and oxygen atoms in total. The molecule has 2 atom stereocenters. The van der Waals surface area contributed by atoms with E-state index in [2.05, 4.69) is 0 Å². The number of rotatable bonds is 4. The summed E-state index contributed by atoms with van der Waals surface area (Å²) in [7, 11) is 0. The van der Waals surface area contributed by atoms with Crippen LogP contribution in [0.15, 0.2) is 0 Å². The van der Waals surface area contributed by atoms with E-state index < -0.39 is 6.10 Å². The van der Waals surface area contributed by atoms with Gasteiger partial charge in [-0.25, -0.2) is 0 Å². The lowest BCUT2D eigenvalue weighted by molar-refractivity contribution is -0.125. The first kappa shape index (κ1) is 9.63. The molecule has 0 spiro atoms. The van der Waals surface area contributed by atoms with Crippen molar-refractivity contribution in [2.75, 3.05) is 0 Å². The van der Waals surface area contributed by atoms with Crippen LogP contribution in [0.2, 0.25) is 0 Å². The minimum atomic E-state index is -0.451. The van der Waals surface area contributed by atoms with Crippen molar-refractivity contribution in [1.82, 2.24) is 0 Å². The van der Waals surface area contributed by atoms with Crippen LogP contribution in [-0.2, 0) is 4.79 Å². The molecule has 0 aromatic heterocycles. The number of carbonyl (C=O) groups excluding carboxylic acids is 1. The molecule has 0 rings (SSSR count). The predicted octanol–water partition coefficient (Wildman–Crippen LogP) is 1.37. The van der Waals surface area contributed by atoms with Gasteiger partial charge in [-0.15, -0.1) is 0 Å². The SMILES string of the molecule is CCC(=O)[C@@H](C)C(O)CC. The Labute approximate surface area is 62.2 Å². The molecule has 0 aliphatic rings. The van der Waals surface area contributed by atoms with Crippen LogP contribution in [0.5, 0.6) is 0 Å². The Balaban J connectivity index is 3.81. The van der Waals surface area contributed by atoms with Crippen LogP contribution in [0, 0.1) is 5.92 Å². The van der Waals surface area contributed by atoms with Crippen LogP contribution < -0.4 is 0 Å². The van der Waals surface area contributed by atoms with Gasteiger partial charge in [0.25, 0.3) is 0 Å². The molecule has 0 bridgehead atoms. The van der Waals surface area contributed by atoms with Gasteiger partial charge in [0.1, 0.15) is 5.78 Å². The summed E-state index contributed by atoms with van der Waals surface area (Å²) < 4.78 is 0. The molecule has 0 fully saturated rings. The zero-order chi connectivity index (χ0) is 8.15. The van der Waals surface area contributed by atoms with E-state index in [9.17, 15) is 9.90 Å².